The number of H-pyrrole nitrogens is 1. The number of fused-ring (bicyclic) bond motifs is 4. The smallest absolute Gasteiger partial charge is 0.337 e. The Balaban J connectivity index is 0.826. The van der Waals surface area contributed by atoms with Crippen LogP contribution in [-0.4, -0.2) is 110 Å². The summed E-state index contributed by atoms with van der Waals surface area (Å²) >= 11 is 14.7. The summed E-state index contributed by atoms with van der Waals surface area (Å²) in [6.45, 7) is 11.9. The number of carboxylic acid groups (broad SMARTS) is 1. The monoisotopic (exact) mass is 865 g/mol. The van der Waals surface area contributed by atoms with Crippen LogP contribution in [0.1, 0.15) is 68.9 Å². The Bertz CT molecular complexity index is 2660. The zero-order valence-corrected chi connectivity index (χ0v) is 36.2. The Morgan fingerprint density at radius 1 is 0.950 bits per heavy atom. The van der Waals surface area contributed by atoms with E-state index in [-0.39, 0.29) is 17.9 Å². The summed E-state index contributed by atoms with van der Waals surface area (Å²) in [6.07, 6.45) is 3.74. The number of thiophene rings is 1. The van der Waals surface area contributed by atoms with E-state index in [1.54, 1.807) is 30.6 Å². The van der Waals surface area contributed by atoms with Crippen LogP contribution in [0.25, 0.3) is 27.0 Å². The number of hydrogen-bond donors (Lipinski definition) is 2. The molecule has 16 heteroatoms. The zero-order chi connectivity index (χ0) is 41.8. The minimum absolute atomic E-state index is 0.0729. The van der Waals surface area contributed by atoms with Crippen LogP contribution in [0.4, 0.5) is 5.82 Å². The first-order valence-electron chi connectivity index (χ1n) is 20.2. The molecule has 0 spiro atoms. The molecule has 1 amide bonds. The van der Waals surface area contributed by atoms with E-state index in [4.69, 9.17) is 37.9 Å². The van der Waals surface area contributed by atoms with Crippen LogP contribution in [-0.2, 0) is 4.79 Å². The van der Waals surface area contributed by atoms with Gasteiger partial charge in [-0.15, -0.1) is 21.5 Å². The van der Waals surface area contributed by atoms with Gasteiger partial charge in [-0.25, -0.2) is 4.79 Å². The number of piperazine rings is 1. The quantitative estimate of drug-likeness (QED) is 0.147. The molecule has 7 heterocycles. The van der Waals surface area contributed by atoms with Gasteiger partial charge < -0.3 is 24.6 Å². The Kier molecular flexibility index (Phi) is 10.9. The van der Waals surface area contributed by atoms with Crippen molar-refractivity contribution in [3.05, 3.63) is 104 Å². The number of aromatic amines is 1. The zero-order valence-electron chi connectivity index (χ0n) is 33.8. The molecular formula is C44H45Cl2N9O4S. The van der Waals surface area contributed by atoms with E-state index in [9.17, 15) is 14.7 Å². The molecule has 3 aliphatic heterocycles. The van der Waals surface area contributed by atoms with Crippen LogP contribution in [0.2, 0.25) is 10.0 Å². The predicted molar refractivity (Wildman–Crippen MR) is 236 cm³/mol. The number of hydrogen-bond acceptors (Lipinski definition) is 10. The molecule has 0 aliphatic carbocycles. The van der Waals surface area contributed by atoms with Gasteiger partial charge in [0.2, 0.25) is 11.8 Å². The molecule has 0 bridgehead atoms. The maximum absolute atomic E-state index is 14.0. The number of methoxy groups -OCH3 is 1. The molecule has 4 aromatic heterocycles. The van der Waals surface area contributed by atoms with E-state index in [0.29, 0.717) is 62.8 Å². The van der Waals surface area contributed by atoms with Crippen molar-refractivity contribution in [1.82, 2.24) is 34.5 Å². The van der Waals surface area contributed by atoms with Crippen LogP contribution in [0.15, 0.2) is 59.7 Å². The van der Waals surface area contributed by atoms with E-state index in [1.165, 1.54) is 11.1 Å². The lowest BCUT2D eigenvalue weighted by molar-refractivity contribution is -0.133. The Morgan fingerprint density at radius 3 is 2.42 bits per heavy atom. The largest absolute Gasteiger partial charge is 0.480 e. The van der Waals surface area contributed by atoms with Gasteiger partial charge in [-0.3, -0.25) is 19.3 Å². The van der Waals surface area contributed by atoms with Gasteiger partial charge in [-0.1, -0.05) is 35.3 Å². The topological polar surface area (TPSA) is 145 Å². The number of benzene rings is 2. The number of aliphatic imine (C=N–C) groups is 1. The molecule has 1 atom stereocenters. The predicted octanol–water partition coefficient (Wildman–Crippen LogP) is 8.15. The first kappa shape index (κ1) is 40.1. The molecule has 0 unspecified atom stereocenters. The van der Waals surface area contributed by atoms with Crippen molar-refractivity contribution >= 4 is 68.8 Å². The highest BCUT2D eigenvalue weighted by Crippen LogP contribution is 2.41. The fourth-order valence-electron chi connectivity index (χ4n) is 8.81. The average molecular weight is 867 g/mol. The standard InChI is InChI=1S/C44H45Cl2N9O4S/c1-24-25(2)60-43-39(24)40(28-5-7-29(45)8-6-28)48-36(41-51-50-26(3)55(41)43)21-38(56)54-17-15-52(16-18-54)23-27-11-13-53(14-12-27)37-10-9-30(42(49-37)59-4)31-19-32-33(44(57)58)22-47-35(32)20-34(31)46/h5-10,19-20,22,27,36,47H,11-18,21,23H2,1-4H3,(H,57,58)/t36-/m0/s1. The number of carbonyl (C=O) groups is 2. The normalized spacial score (nSPS) is 17.4. The third kappa shape index (κ3) is 7.44. The second kappa shape index (κ2) is 16.3. The number of ether oxygens (including phenoxy) is 1. The number of rotatable bonds is 9. The second-order valence-corrected chi connectivity index (χ2v) is 17.9. The van der Waals surface area contributed by atoms with Gasteiger partial charge in [-0.2, -0.15) is 4.98 Å². The maximum atomic E-state index is 14.0. The van der Waals surface area contributed by atoms with Crippen molar-refractivity contribution in [2.75, 3.05) is 57.8 Å². The van der Waals surface area contributed by atoms with Gasteiger partial charge >= 0.3 is 5.97 Å². The highest BCUT2D eigenvalue weighted by Gasteiger charge is 2.34. The molecule has 9 rings (SSSR count). The van der Waals surface area contributed by atoms with E-state index < -0.39 is 12.0 Å². The minimum atomic E-state index is -1.01. The van der Waals surface area contributed by atoms with Crippen LogP contribution in [0, 0.1) is 26.7 Å². The number of nitrogens with one attached hydrogen (secondary N) is 1. The lowest BCUT2D eigenvalue weighted by atomic mass is 9.95. The van der Waals surface area contributed by atoms with E-state index in [1.807, 2.05) is 48.2 Å². The molecule has 6 aromatic rings. The molecule has 2 fully saturated rings. The van der Waals surface area contributed by atoms with Crippen molar-refractivity contribution in [2.45, 2.75) is 46.1 Å². The van der Waals surface area contributed by atoms with Gasteiger partial charge in [0, 0.05) is 95.1 Å². The van der Waals surface area contributed by atoms with E-state index in [2.05, 4.69) is 43.4 Å². The number of carboxylic acids is 1. The summed E-state index contributed by atoms with van der Waals surface area (Å²) in [4.78, 5) is 47.0. The molecule has 13 nitrogen and oxygen atoms in total. The number of carbonyl (C=O) groups excluding carboxylic acids is 1. The van der Waals surface area contributed by atoms with Crippen LogP contribution in [0.3, 0.4) is 0 Å². The number of amides is 1. The molecular weight excluding hydrogens is 822 g/mol. The van der Waals surface area contributed by atoms with Gasteiger partial charge in [0.05, 0.1) is 29.8 Å². The number of aryl methyl sites for hydroxylation is 2. The lowest BCUT2D eigenvalue weighted by Gasteiger charge is -2.39. The molecule has 3 aliphatic rings. The Labute approximate surface area is 361 Å². The second-order valence-electron chi connectivity index (χ2n) is 15.8. The number of pyridine rings is 1. The lowest BCUT2D eigenvalue weighted by Crippen LogP contribution is -2.50. The summed E-state index contributed by atoms with van der Waals surface area (Å²) in [7, 11) is 1.58. The van der Waals surface area contributed by atoms with Crippen molar-refractivity contribution in [1.29, 1.82) is 0 Å². The molecule has 2 N–H and O–H groups in total. The third-order valence-electron chi connectivity index (χ3n) is 12.2. The number of aromatic nitrogens is 5. The number of halogens is 2. The van der Waals surface area contributed by atoms with E-state index >= 15 is 0 Å². The van der Waals surface area contributed by atoms with Crippen molar-refractivity contribution in [3.63, 3.8) is 0 Å². The first-order valence-corrected chi connectivity index (χ1v) is 21.8. The van der Waals surface area contributed by atoms with Gasteiger partial charge in [0.25, 0.3) is 0 Å². The van der Waals surface area contributed by atoms with E-state index in [0.717, 1.165) is 84.6 Å². The molecule has 0 saturated carbocycles. The number of anilines is 1. The number of piperidine rings is 1. The molecule has 2 saturated heterocycles. The fourth-order valence-corrected chi connectivity index (χ4v) is 10.4. The number of nitrogens with zero attached hydrogens (tertiary/aromatic N) is 8. The van der Waals surface area contributed by atoms with Crippen LogP contribution >= 0.6 is 34.5 Å². The average Bonchev–Trinajstić information content (AvgIpc) is 3.90. The molecule has 60 heavy (non-hydrogen) atoms. The summed E-state index contributed by atoms with van der Waals surface area (Å²) < 4.78 is 7.84. The van der Waals surface area contributed by atoms with Gasteiger partial charge in [-0.05, 0) is 81.5 Å². The van der Waals surface area contributed by atoms with Gasteiger partial charge in [0.1, 0.15) is 22.7 Å². The third-order valence-corrected chi connectivity index (χ3v) is 14.0. The van der Waals surface area contributed by atoms with Crippen LogP contribution < -0.4 is 9.64 Å². The van der Waals surface area contributed by atoms with Gasteiger partial charge in [0.15, 0.2) is 5.82 Å². The Hall–Kier alpha value is -5.28. The molecule has 0 radical (unpaired) electrons. The number of aromatic carboxylic acids is 1. The highest BCUT2D eigenvalue weighted by atomic mass is 35.5. The summed E-state index contributed by atoms with van der Waals surface area (Å²) in [6, 6.07) is 14.7. The maximum Gasteiger partial charge on any atom is 0.337 e. The fraction of sp³-hybridized carbons (Fsp3) is 0.364. The molecule has 310 valence electrons. The van der Waals surface area contributed by atoms with Crippen molar-refractivity contribution < 1.29 is 19.4 Å². The summed E-state index contributed by atoms with van der Waals surface area (Å²) in [5.41, 5.74) is 6.21. The van der Waals surface area contributed by atoms with Crippen molar-refractivity contribution in [3.8, 4) is 22.0 Å². The minimum Gasteiger partial charge on any atom is -0.480 e. The summed E-state index contributed by atoms with van der Waals surface area (Å²) in [5.74, 6) is 2.33. The SMILES string of the molecule is COc1nc(N2CCC(CN3CCN(C(=O)C[C@@H]4N=C(c5ccc(Cl)cc5)c5c(sc(C)c5C)-n5c(C)nnc54)CC3)CC2)ccc1-c1cc2c(C(=O)O)c[nH]c2cc1Cl. The van der Waals surface area contributed by atoms with Crippen molar-refractivity contribution in [2.24, 2.45) is 10.9 Å². The van der Waals surface area contributed by atoms with Crippen LogP contribution in [0.5, 0.6) is 5.88 Å². The Morgan fingerprint density at radius 2 is 1.70 bits per heavy atom. The first-order chi connectivity index (χ1) is 29.0. The highest BCUT2D eigenvalue weighted by molar-refractivity contribution is 7.15. The molecule has 2 aromatic carbocycles. The summed E-state index contributed by atoms with van der Waals surface area (Å²) in [5, 5.41) is 21.4.